The Balaban J connectivity index is 1.41. The van der Waals surface area contributed by atoms with Crippen LogP contribution in [0.25, 0.3) is 21.1 Å². The second-order valence-electron chi connectivity index (χ2n) is 8.36. The van der Waals surface area contributed by atoms with Crippen LogP contribution in [0.2, 0.25) is 0 Å². The van der Waals surface area contributed by atoms with Gasteiger partial charge in [-0.15, -0.1) is 11.3 Å². The average molecular weight is 491 g/mol. The number of hydrogen-bond donors (Lipinski definition) is 1. The maximum absolute atomic E-state index is 12.3. The van der Waals surface area contributed by atoms with E-state index in [9.17, 15) is 14.4 Å². The molecule has 0 saturated heterocycles. The van der Waals surface area contributed by atoms with Gasteiger partial charge in [0, 0.05) is 24.2 Å². The van der Waals surface area contributed by atoms with Gasteiger partial charge in [0.15, 0.2) is 0 Å². The third-order valence-electron chi connectivity index (χ3n) is 5.37. The summed E-state index contributed by atoms with van der Waals surface area (Å²) in [5, 5.41) is 8.11. The molecule has 3 aromatic heterocycles. The zero-order valence-electron chi connectivity index (χ0n) is 19.8. The lowest BCUT2D eigenvalue weighted by atomic mass is 10.1. The van der Waals surface area contributed by atoms with Crippen molar-refractivity contribution in [3.63, 3.8) is 0 Å². The van der Waals surface area contributed by atoms with Crippen LogP contribution in [-0.2, 0) is 17.9 Å². The molecule has 0 bridgehead atoms. The minimum atomic E-state index is -0.346. The number of aromatic nitrogens is 5. The van der Waals surface area contributed by atoms with Crippen molar-refractivity contribution in [1.82, 2.24) is 29.6 Å². The smallest absolute Gasteiger partial charge is 0.266 e. The van der Waals surface area contributed by atoms with E-state index in [1.165, 1.54) is 39.0 Å². The van der Waals surface area contributed by atoms with E-state index in [2.05, 4.69) is 20.4 Å². The Morgan fingerprint density at radius 1 is 1.09 bits per heavy atom. The van der Waals surface area contributed by atoms with E-state index in [1.807, 2.05) is 51.1 Å². The van der Waals surface area contributed by atoms with Crippen LogP contribution in [0.4, 0.5) is 0 Å². The first-order valence-corrected chi connectivity index (χ1v) is 12.1. The van der Waals surface area contributed by atoms with Gasteiger partial charge in [0.25, 0.3) is 11.1 Å². The lowest BCUT2D eigenvalue weighted by molar-refractivity contribution is -0.121. The summed E-state index contributed by atoms with van der Waals surface area (Å²) in [6, 6.07) is 14.5. The van der Waals surface area contributed by atoms with Crippen molar-refractivity contribution in [2.75, 3.05) is 6.54 Å². The molecule has 9 nitrogen and oxygen atoms in total. The van der Waals surface area contributed by atoms with Crippen molar-refractivity contribution in [1.29, 1.82) is 0 Å². The van der Waals surface area contributed by atoms with E-state index < -0.39 is 0 Å². The molecule has 10 heteroatoms. The number of hydrogen-bond acceptors (Lipinski definition) is 7. The van der Waals surface area contributed by atoms with Gasteiger partial charge in [-0.2, -0.15) is 5.10 Å². The summed E-state index contributed by atoms with van der Waals surface area (Å²) in [6.45, 7) is 6.05. The number of aryl methyl sites for hydroxylation is 1. The van der Waals surface area contributed by atoms with E-state index in [1.54, 1.807) is 6.07 Å². The monoisotopic (exact) mass is 490 g/mol. The number of rotatable bonds is 8. The van der Waals surface area contributed by atoms with E-state index in [4.69, 9.17) is 0 Å². The van der Waals surface area contributed by atoms with Gasteiger partial charge >= 0.3 is 0 Å². The van der Waals surface area contributed by atoms with Gasteiger partial charge in [0.05, 0.1) is 29.1 Å². The summed E-state index contributed by atoms with van der Waals surface area (Å²) in [5.74, 6) is -0.215. The van der Waals surface area contributed by atoms with Crippen LogP contribution in [0, 0.1) is 6.92 Å². The summed E-state index contributed by atoms with van der Waals surface area (Å²) in [5.41, 5.74) is 2.65. The van der Waals surface area contributed by atoms with Crippen LogP contribution in [0.1, 0.15) is 31.2 Å². The van der Waals surface area contributed by atoms with Crippen LogP contribution < -0.4 is 16.4 Å². The summed E-state index contributed by atoms with van der Waals surface area (Å²) in [4.78, 5) is 46.6. The summed E-state index contributed by atoms with van der Waals surface area (Å²) >= 11 is 1.52. The van der Waals surface area contributed by atoms with Crippen molar-refractivity contribution in [2.45, 2.75) is 39.8 Å². The molecule has 0 unspecified atom stereocenters. The van der Waals surface area contributed by atoms with Gasteiger partial charge in [-0.1, -0.05) is 44.2 Å². The van der Waals surface area contributed by atoms with Crippen LogP contribution in [0.5, 0.6) is 0 Å². The standard InChI is InChI=1S/C25H26N6O3S/c1-16(2)20-13-23(34)30(15-27-20)14-21(32)26-11-12-31-22(33)10-9-19(29-31)24-17(3)28-25(35-24)18-7-5-4-6-8-18/h4-10,13,15-16H,11-12,14H2,1-3H3,(H,26,32). The van der Waals surface area contributed by atoms with E-state index >= 15 is 0 Å². The molecular formula is C25H26N6O3S. The maximum Gasteiger partial charge on any atom is 0.266 e. The van der Waals surface area contributed by atoms with Gasteiger partial charge in [0.2, 0.25) is 5.91 Å². The van der Waals surface area contributed by atoms with E-state index in [0.29, 0.717) is 11.4 Å². The Labute approximate surface area is 206 Å². The highest BCUT2D eigenvalue weighted by molar-refractivity contribution is 7.18. The molecule has 0 saturated carbocycles. The molecule has 1 aromatic carbocycles. The highest BCUT2D eigenvalue weighted by atomic mass is 32.1. The Morgan fingerprint density at radius 2 is 1.86 bits per heavy atom. The third kappa shape index (κ3) is 5.78. The van der Waals surface area contributed by atoms with Gasteiger partial charge in [0.1, 0.15) is 17.2 Å². The molecule has 0 radical (unpaired) electrons. The minimum absolute atomic E-state index is 0.131. The minimum Gasteiger partial charge on any atom is -0.353 e. The van der Waals surface area contributed by atoms with Crippen molar-refractivity contribution in [3.8, 4) is 21.1 Å². The predicted molar refractivity (Wildman–Crippen MR) is 135 cm³/mol. The molecule has 35 heavy (non-hydrogen) atoms. The summed E-state index contributed by atoms with van der Waals surface area (Å²) in [6.07, 6.45) is 1.38. The fraction of sp³-hybridized carbons (Fsp3) is 0.280. The molecule has 1 amide bonds. The number of nitrogens with one attached hydrogen (secondary N) is 1. The maximum atomic E-state index is 12.3. The fourth-order valence-electron chi connectivity index (χ4n) is 3.45. The molecule has 1 N–H and O–H groups in total. The van der Waals surface area contributed by atoms with Gasteiger partial charge in [-0.25, -0.2) is 14.6 Å². The molecule has 0 aliphatic carbocycles. The lowest BCUT2D eigenvalue weighted by Gasteiger charge is -2.10. The molecule has 4 aromatic rings. The molecule has 0 spiro atoms. The van der Waals surface area contributed by atoms with Gasteiger partial charge in [-0.05, 0) is 18.9 Å². The predicted octanol–water partition coefficient (Wildman–Crippen LogP) is 2.84. The number of carbonyl (C=O) groups excluding carboxylic acids is 1. The average Bonchev–Trinajstić information content (AvgIpc) is 3.23. The SMILES string of the molecule is Cc1nc(-c2ccccc2)sc1-c1ccc(=O)n(CCNC(=O)Cn2cnc(C(C)C)cc2=O)n1. The molecule has 4 rings (SSSR count). The van der Waals surface area contributed by atoms with Crippen LogP contribution >= 0.6 is 11.3 Å². The van der Waals surface area contributed by atoms with Crippen molar-refractivity contribution in [3.05, 3.63) is 87.0 Å². The number of thiazole rings is 1. The Bertz CT molecular complexity index is 1460. The molecule has 0 aliphatic rings. The van der Waals surface area contributed by atoms with Crippen LogP contribution in [0.3, 0.4) is 0 Å². The largest absolute Gasteiger partial charge is 0.353 e. The zero-order chi connectivity index (χ0) is 24.9. The molecular weight excluding hydrogens is 464 g/mol. The molecule has 0 fully saturated rings. The second kappa shape index (κ2) is 10.6. The van der Waals surface area contributed by atoms with Gasteiger partial charge in [-0.3, -0.25) is 19.0 Å². The highest BCUT2D eigenvalue weighted by Crippen LogP contribution is 2.33. The molecule has 0 atom stereocenters. The zero-order valence-corrected chi connectivity index (χ0v) is 20.6. The quantitative estimate of drug-likeness (QED) is 0.407. The number of carbonyl (C=O) groups is 1. The molecule has 180 valence electrons. The van der Waals surface area contributed by atoms with E-state index in [0.717, 1.165) is 21.1 Å². The van der Waals surface area contributed by atoms with E-state index in [-0.39, 0.29) is 42.6 Å². The van der Waals surface area contributed by atoms with Gasteiger partial charge < -0.3 is 5.32 Å². The fourth-order valence-corrected chi connectivity index (χ4v) is 4.49. The first kappa shape index (κ1) is 24.2. The van der Waals surface area contributed by atoms with Crippen LogP contribution in [-0.4, -0.2) is 36.8 Å². The third-order valence-corrected chi connectivity index (χ3v) is 6.60. The number of benzene rings is 1. The number of nitrogens with zero attached hydrogens (tertiary/aromatic N) is 5. The van der Waals surface area contributed by atoms with Crippen molar-refractivity contribution < 1.29 is 4.79 Å². The normalized spacial score (nSPS) is 11.1. The Kier molecular flexibility index (Phi) is 7.31. The highest BCUT2D eigenvalue weighted by Gasteiger charge is 2.14. The first-order chi connectivity index (χ1) is 16.8. The summed E-state index contributed by atoms with van der Waals surface area (Å²) < 4.78 is 2.57. The first-order valence-electron chi connectivity index (χ1n) is 11.3. The van der Waals surface area contributed by atoms with Crippen molar-refractivity contribution >= 4 is 17.2 Å². The topological polar surface area (TPSA) is 112 Å². The molecule has 0 aliphatic heterocycles. The summed E-state index contributed by atoms with van der Waals surface area (Å²) in [7, 11) is 0. The lowest BCUT2D eigenvalue weighted by Crippen LogP contribution is -2.36. The van der Waals surface area contributed by atoms with Crippen molar-refractivity contribution in [2.24, 2.45) is 0 Å². The Hall–Kier alpha value is -3.92. The Morgan fingerprint density at radius 3 is 2.57 bits per heavy atom. The second-order valence-corrected chi connectivity index (χ2v) is 9.36. The molecule has 3 heterocycles. The number of amides is 1. The van der Waals surface area contributed by atoms with Crippen LogP contribution in [0.15, 0.2) is 64.4 Å².